The summed E-state index contributed by atoms with van der Waals surface area (Å²) in [6, 6.07) is 8.10. The first kappa shape index (κ1) is 17.5. The number of rotatable bonds is 3. The highest BCUT2D eigenvalue weighted by atomic mass is 16.5. The average Bonchev–Trinajstić information content (AvgIpc) is 3.42. The third-order valence-corrected chi connectivity index (χ3v) is 6.29. The smallest absolute Gasteiger partial charge is 0.337 e. The molecular formula is C23H25NO4. The predicted molar refractivity (Wildman–Crippen MR) is 104 cm³/mol. The Labute approximate surface area is 165 Å². The van der Waals surface area contributed by atoms with Crippen LogP contribution in [-0.4, -0.2) is 36.4 Å². The SMILES string of the molecule is COc1ccc(C2C3=C(CC(C)(C)CC3=O)N(C3CC3)C3=C2C(=O)OC3)cc1. The van der Waals surface area contributed by atoms with Crippen molar-refractivity contribution in [3.8, 4) is 5.75 Å². The fourth-order valence-electron chi connectivity index (χ4n) is 4.95. The van der Waals surface area contributed by atoms with Gasteiger partial charge < -0.3 is 14.4 Å². The summed E-state index contributed by atoms with van der Waals surface area (Å²) in [6.45, 7) is 4.62. The van der Waals surface area contributed by atoms with Crippen LogP contribution in [0.1, 0.15) is 51.0 Å². The normalized spacial score (nSPS) is 26.2. The summed E-state index contributed by atoms with van der Waals surface area (Å²) in [5.41, 5.74) is 4.41. The fraction of sp³-hybridized carbons (Fsp3) is 0.478. The molecule has 0 N–H and O–H groups in total. The number of ketones is 1. The first-order chi connectivity index (χ1) is 13.4. The number of hydrogen-bond acceptors (Lipinski definition) is 5. The number of methoxy groups -OCH3 is 1. The highest BCUT2D eigenvalue weighted by molar-refractivity contribution is 6.05. The standard InChI is InChI=1S/C23H25NO4/c1-23(2)10-16-20(18(25)11-23)19(13-4-8-15(27-3)9-5-13)21-17(12-28-22(21)26)24(16)14-6-7-14/h4-5,8-9,14,19H,6-7,10-12H2,1-3H3. The van der Waals surface area contributed by atoms with Gasteiger partial charge in [0, 0.05) is 29.7 Å². The molecule has 2 aliphatic heterocycles. The van der Waals surface area contributed by atoms with Gasteiger partial charge in [-0.2, -0.15) is 0 Å². The van der Waals surface area contributed by atoms with E-state index >= 15 is 0 Å². The highest BCUT2D eigenvalue weighted by Gasteiger charge is 2.51. The minimum Gasteiger partial charge on any atom is -0.497 e. The summed E-state index contributed by atoms with van der Waals surface area (Å²) < 4.78 is 10.8. The maximum absolute atomic E-state index is 13.4. The van der Waals surface area contributed by atoms with Gasteiger partial charge in [0.05, 0.1) is 18.4 Å². The number of esters is 1. The van der Waals surface area contributed by atoms with Crippen LogP contribution in [0.5, 0.6) is 5.75 Å². The number of nitrogens with zero attached hydrogens (tertiary/aromatic N) is 1. The zero-order valence-electron chi connectivity index (χ0n) is 16.6. The van der Waals surface area contributed by atoms with Crippen molar-refractivity contribution in [3.63, 3.8) is 0 Å². The van der Waals surface area contributed by atoms with Gasteiger partial charge in [-0.1, -0.05) is 26.0 Å². The average molecular weight is 379 g/mol. The van der Waals surface area contributed by atoms with E-state index in [1.165, 1.54) is 0 Å². The molecule has 5 rings (SSSR count). The van der Waals surface area contributed by atoms with Crippen molar-refractivity contribution in [2.24, 2.45) is 5.41 Å². The van der Waals surface area contributed by atoms with Crippen molar-refractivity contribution < 1.29 is 19.1 Å². The second kappa shape index (κ2) is 5.97. The molecule has 0 radical (unpaired) electrons. The van der Waals surface area contributed by atoms with Crippen molar-refractivity contribution >= 4 is 11.8 Å². The van der Waals surface area contributed by atoms with Gasteiger partial charge in [0.2, 0.25) is 0 Å². The lowest BCUT2D eigenvalue weighted by atomic mass is 9.68. The van der Waals surface area contributed by atoms with Crippen LogP contribution in [0, 0.1) is 5.41 Å². The molecule has 28 heavy (non-hydrogen) atoms. The Morgan fingerprint density at radius 1 is 1.04 bits per heavy atom. The summed E-state index contributed by atoms with van der Waals surface area (Å²) >= 11 is 0. The van der Waals surface area contributed by atoms with E-state index in [4.69, 9.17) is 9.47 Å². The van der Waals surface area contributed by atoms with E-state index in [1.807, 2.05) is 24.3 Å². The highest BCUT2D eigenvalue weighted by Crippen LogP contribution is 2.54. The van der Waals surface area contributed by atoms with E-state index in [-0.39, 0.29) is 23.1 Å². The van der Waals surface area contributed by atoms with Crippen LogP contribution in [0.4, 0.5) is 0 Å². The Morgan fingerprint density at radius 3 is 2.39 bits per heavy atom. The van der Waals surface area contributed by atoms with Crippen LogP contribution in [0.2, 0.25) is 0 Å². The molecule has 0 amide bonds. The molecule has 0 aromatic heterocycles. The van der Waals surface area contributed by atoms with Crippen LogP contribution in [0.15, 0.2) is 46.8 Å². The maximum atomic E-state index is 13.4. The van der Waals surface area contributed by atoms with Gasteiger partial charge in [-0.3, -0.25) is 4.79 Å². The van der Waals surface area contributed by atoms with Gasteiger partial charge >= 0.3 is 5.97 Å². The van der Waals surface area contributed by atoms with E-state index in [1.54, 1.807) is 7.11 Å². The summed E-state index contributed by atoms with van der Waals surface area (Å²) in [5.74, 6) is 0.284. The minimum absolute atomic E-state index is 0.0744. The van der Waals surface area contributed by atoms with Crippen LogP contribution in [0.3, 0.4) is 0 Å². The molecule has 1 saturated carbocycles. The van der Waals surface area contributed by atoms with Crippen molar-refractivity contribution in [3.05, 3.63) is 52.4 Å². The maximum Gasteiger partial charge on any atom is 0.337 e. The molecule has 1 unspecified atom stereocenters. The number of Topliss-reactive ketones (excluding diaryl/α,β-unsaturated/α-hetero) is 1. The van der Waals surface area contributed by atoms with Crippen molar-refractivity contribution in [2.45, 2.75) is 51.5 Å². The molecule has 0 saturated heterocycles. The third-order valence-electron chi connectivity index (χ3n) is 6.29. The number of cyclic esters (lactones) is 1. The summed E-state index contributed by atoms with van der Waals surface area (Å²) in [7, 11) is 1.63. The van der Waals surface area contributed by atoms with E-state index in [0.717, 1.165) is 47.5 Å². The molecule has 1 atom stereocenters. The molecular weight excluding hydrogens is 354 g/mol. The number of carbonyl (C=O) groups excluding carboxylic acids is 2. The van der Waals surface area contributed by atoms with Crippen LogP contribution in [-0.2, 0) is 14.3 Å². The Morgan fingerprint density at radius 2 is 1.75 bits per heavy atom. The quantitative estimate of drug-likeness (QED) is 0.750. The first-order valence-corrected chi connectivity index (χ1v) is 9.99. The second-order valence-corrected chi connectivity index (χ2v) is 9.05. The Kier molecular flexibility index (Phi) is 3.74. The second-order valence-electron chi connectivity index (χ2n) is 9.05. The summed E-state index contributed by atoms with van der Waals surface area (Å²) in [4.78, 5) is 28.4. The van der Waals surface area contributed by atoms with Crippen molar-refractivity contribution in [2.75, 3.05) is 13.7 Å². The topological polar surface area (TPSA) is 55.8 Å². The lowest BCUT2D eigenvalue weighted by Crippen LogP contribution is -2.41. The van der Waals surface area contributed by atoms with Crippen LogP contribution >= 0.6 is 0 Å². The third kappa shape index (κ3) is 2.60. The minimum atomic E-state index is -0.343. The Bertz CT molecular complexity index is 934. The molecule has 146 valence electrons. The molecule has 4 aliphatic rings. The zero-order valence-corrected chi connectivity index (χ0v) is 16.6. The number of benzene rings is 1. The van der Waals surface area contributed by atoms with E-state index < -0.39 is 0 Å². The van der Waals surface area contributed by atoms with Gasteiger partial charge in [0.25, 0.3) is 0 Å². The fourth-order valence-corrected chi connectivity index (χ4v) is 4.95. The lowest BCUT2D eigenvalue weighted by molar-refractivity contribution is -0.136. The summed E-state index contributed by atoms with van der Waals surface area (Å²) in [6.07, 6.45) is 3.56. The summed E-state index contributed by atoms with van der Waals surface area (Å²) in [5, 5.41) is 0. The molecule has 0 spiro atoms. The molecule has 2 heterocycles. The van der Waals surface area contributed by atoms with Gasteiger partial charge in [-0.15, -0.1) is 0 Å². The van der Waals surface area contributed by atoms with Crippen molar-refractivity contribution in [1.82, 2.24) is 4.90 Å². The monoisotopic (exact) mass is 379 g/mol. The van der Waals surface area contributed by atoms with E-state index in [2.05, 4.69) is 18.7 Å². The predicted octanol–water partition coefficient (Wildman–Crippen LogP) is 3.71. The molecule has 5 heteroatoms. The van der Waals surface area contributed by atoms with Crippen LogP contribution in [0.25, 0.3) is 0 Å². The van der Waals surface area contributed by atoms with Gasteiger partial charge in [-0.25, -0.2) is 4.79 Å². The number of carbonyl (C=O) groups is 2. The molecule has 5 nitrogen and oxygen atoms in total. The molecule has 1 aromatic carbocycles. The zero-order chi connectivity index (χ0) is 19.6. The number of ether oxygens (including phenoxy) is 2. The van der Waals surface area contributed by atoms with Gasteiger partial charge in [0.15, 0.2) is 5.78 Å². The molecule has 1 fully saturated rings. The largest absolute Gasteiger partial charge is 0.497 e. The molecule has 0 bridgehead atoms. The van der Waals surface area contributed by atoms with E-state index in [9.17, 15) is 9.59 Å². The van der Waals surface area contributed by atoms with Gasteiger partial charge in [0.1, 0.15) is 12.4 Å². The molecule has 1 aromatic rings. The first-order valence-electron chi connectivity index (χ1n) is 9.99. The molecule has 2 aliphatic carbocycles. The van der Waals surface area contributed by atoms with E-state index in [0.29, 0.717) is 24.6 Å². The number of allylic oxidation sites excluding steroid dienone is 2. The Hall–Kier alpha value is -2.56. The number of hydrogen-bond donors (Lipinski definition) is 0. The Balaban J connectivity index is 1.71. The van der Waals surface area contributed by atoms with Gasteiger partial charge in [-0.05, 0) is 42.4 Å². The van der Waals surface area contributed by atoms with Crippen LogP contribution < -0.4 is 4.74 Å². The van der Waals surface area contributed by atoms with Crippen molar-refractivity contribution in [1.29, 1.82) is 0 Å². The lowest BCUT2D eigenvalue weighted by Gasteiger charge is -2.44.